The molecule has 0 spiro atoms. The van der Waals surface area contributed by atoms with Crippen molar-refractivity contribution < 1.29 is 18.0 Å². The second-order valence-electron chi connectivity index (χ2n) is 18.0. The molecule has 0 atom stereocenters. The molecule has 5 heteroatoms. The highest BCUT2D eigenvalue weighted by Gasteiger charge is 2.38. The Hall–Kier alpha value is -4.35. The minimum atomic E-state index is -3.82. The molecule has 0 heterocycles. The molecule has 2 aliphatic carbocycles. The third-order valence-electron chi connectivity index (χ3n) is 12.1. The van der Waals surface area contributed by atoms with Gasteiger partial charge in [-0.05, 0) is 142 Å². The Bertz CT molecular complexity index is 2150. The van der Waals surface area contributed by atoms with Crippen molar-refractivity contribution >= 4 is 33.6 Å². The van der Waals surface area contributed by atoms with Crippen LogP contribution >= 0.6 is 0 Å². The molecular weight excluding hydrogens is 673 g/mol. The van der Waals surface area contributed by atoms with Gasteiger partial charge < -0.3 is 0 Å². The van der Waals surface area contributed by atoms with Crippen LogP contribution in [0.5, 0.6) is 0 Å². The predicted molar refractivity (Wildman–Crippen MR) is 218 cm³/mol. The molecule has 6 rings (SSSR count). The third kappa shape index (κ3) is 7.42. The summed E-state index contributed by atoms with van der Waals surface area (Å²) in [7, 11) is -3.82. The maximum Gasteiger partial charge on any atom is 0.207 e. The SMILES string of the molecule is Cc1cc(C=CC(=O)c2ccc3c(c2)C(C)(C)CCC3(C)C)ccc1S(=O)(=O)c1ccc(C=CC(=O)c2ccc3c(c2)C(C)(C)CCC3(C)C)cc1C. The Morgan fingerprint density at radius 1 is 0.491 bits per heavy atom. The Labute approximate surface area is 317 Å². The maximum atomic E-state index is 13.9. The van der Waals surface area contributed by atoms with Gasteiger partial charge in [0.25, 0.3) is 0 Å². The fourth-order valence-electron chi connectivity index (χ4n) is 8.29. The Kier molecular flexibility index (Phi) is 9.77. The molecule has 0 unspecified atom stereocenters. The molecule has 0 N–H and O–H groups in total. The van der Waals surface area contributed by atoms with E-state index in [9.17, 15) is 18.0 Å². The molecule has 4 aromatic carbocycles. The first-order valence-corrected chi connectivity index (χ1v) is 20.3. The zero-order chi connectivity index (χ0) is 38.7. The Morgan fingerprint density at radius 3 is 1.17 bits per heavy atom. The van der Waals surface area contributed by atoms with Gasteiger partial charge in [0.05, 0.1) is 9.79 Å². The average molecular weight is 727 g/mol. The fraction of sp³-hybridized carbons (Fsp3) is 0.375. The van der Waals surface area contributed by atoms with Crippen molar-refractivity contribution in [3.63, 3.8) is 0 Å². The van der Waals surface area contributed by atoms with E-state index in [1.165, 1.54) is 22.3 Å². The second kappa shape index (κ2) is 13.5. The van der Waals surface area contributed by atoms with Crippen LogP contribution in [-0.4, -0.2) is 20.0 Å². The first kappa shape index (κ1) is 38.4. The van der Waals surface area contributed by atoms with Crippen LogP contribution in [0.2, 0.25) is 0 Å². The topological polar surface area (TPSA) is 68.3 Å². The monoisotopic (exact) mass is 726 g/mol. The smallest absolute Gasteiger partial charge is 0.207 e. The lowest BCUT2D eigenvalue weighted by Gasteiger charge is -2.42. The summed E-state index contributed by atoms with van der Waals surface area (Å²) in [5.74, 6) is -0.160. The lowest BCUT2D eigenvalue weighted by molar-refractivity contribution is 0.103. The van der Waals surface area contributed by atoms with Crippen molar-refractivity contribution in [2.75, 3.05) is 0 Å². The van der Waals surface area contributed by atoms with Crippen molar-refractivity contribution in [3.05, 3.63) is 141 Å². The van der Waals surface area contributed by atoms with Crippen molar-refractivity contribution in [1.82, 2.24) is 0 Å². The van der Waals surface area contributed by atoms with Gasteiger partial charge in [-0.25, -0.2) is 8.42 Å². The summed E-state index contributed by atoms with van der Waals surface area (Å²) >= 11 is 0. The van der Waals surface area contributed by atoms with E-state index in [2.05, 4.69) is 79.7 Å². The number of fused-ring (bicyclic) bond motifs is 2. The Balaban J connectivity index is 1.17. The molecule has 0 saturated heterocycles. The van der Waals surface area contributed by atoms with E-state index in [-0.39, 0.29) is 43.0 Å². The molecule has 0 fully saturated rings. The van der Waals surface area contributed by atoms with Crippen LogP contribution in [-0.2, 0) is 31.5 Å². The number of carbonyl (C=O) groups is 2. The number of allylic oxidation sites excluding steroid dienone is 2. The fourth-order valence-corrected chi connectivity index (χ4v) is 9.99. The van der Waals surface area contributed by atoms with Crippen LogP contribution in [0.25, 0.3) is 12.2 Å². The first-order chi connectivity index (χ1) is 24.6. The van der Waals surface area contributed by atoms with E-state index in [0.717, 1.165) is 36.8 Å². The lowest BCUT2D eigenvalue weighted by atomic mass is 9.63. The number of hydrogen-bond donors (Lipinski definition) is 0. The maximum absolute atomic E-state index is 13.9. The van der Waals surface area contributed by atoms with Crippen LogP contribution in [0.4, 0.5) is 0 Å². The molecule has 0 saturated carbocycles. The molecule has 0 aromatic heterocycles. The van der Waals surface area contributed by atoms with Crippen molar-refractivity contribution in [1.29, 1.82) is 0 Å². The summed E-state index contributed by atoms with van der Waals surface area (Å²) in [6, 6.07) is 22.5. The summed E-state index contributed by atoms with van der Waals surface area (Å²) < 4.78 is 27.8. The molecule has 53 heavy (non-hydrogen) atoms. The average Bonchev–Trinajstić information content (AvgIpc) is 3.09. The molecule has 0 bridgehead atoms. The highest BCUT2D eigenvalue weighted by atomic mass is 32.2. The molecule has 0 aliphatic heterocycles. The highest BCUT2D eigenvalue weighted by molar-refractivity contribution is 7.91. The number of rotatable bonds is 8. The van der Waals surface area contributed by atoms with Gasteiger partial charge in [-0.1, -0.05) is 116 Å². The minimum absolute atomic E-state index is 0.00945. The normalized spacial score (nSPS) is 18.5. The van der Waals surface area contributed by atoms with E-state index in [1.807, 2.05) is 12.1 Å². The molecule has 0 amide bonds. The highest BCUT2D eigenvalue weighted by Crippen LogP contribution is 2.47. The first-order valence-electron chi connectivity index (χ1n) is 18.8. The summed E-state index contributed by atoms with van der Waals surface area (Å²) in [4.78, 5) is 27.0. The van der Waals surface area contributed by atoms with Crippen molar-refractivity contribution in [2.45, 2.75) is 126 Å². The Morgan fingerprint density at radius 2 is 0.830 bits per heavy atom. The van der Waals surface area contributed by atoms with E-state index < -0.39 is 9.84 Å². The summed E-state index contributed by atoms with van der Waals surface area (Å²) in [5, 5.41) is 0. The van der Waals surface area contributed by atoms with Gasteiger partial charge in [0.1, 0.15) is 0 Å². The molecular formula is C48H54O4S. The summed E-state index contributed by atoms with van der Waals surface area (Å²) in [5.41, 5.74) is 9.31. The molecule has 2 aliphatic rings. The van der Waals surface area contributed by atoms with Gasteiger partial charge >= 0.3 is 0 Å². The summed E-state index contributed by atoms with van der Waals surface area (Å²) in [6.07, 6.45) is 11.0. The van der Waals surface area contributed by atoms with E-state index in [1.54, 1.807) is 74.5 Å². The number of ketones is 2. The zero-order valence-corrected chi connectivity index (χ0v) is 33.9. The number of benzene rings is 4. The van der Waals surface area contributed by atoms with Crippen LogP contribution < -0.4 is 0 Å². The zero-order valence-electron chi connectivity index (χ0n) is 33.1. The van der Waals surface area contributed by atoms with Crippen LogP contribution in [0.15, 0.2) is 94.7 Å². The van der Waals surface area contributed by atoms with Gasteiger partial charge in [0, 0.05) is 11.1 Å². The minimum Gasteiger partial charge on any atom is -0.289 e. The number of aryl methyl sites for hydroxylation is 2. The van der Waals surface area contributed by atoms with Gasteiger partial charge in [0.2, 0.25) is 9.84 Å². The van der Waals surface area contributed by atoms with Crippen molar-refractivity contribution in [2.24, 2.45) is 0 Å². The quantitative estimate of drug-likeness (QED) is 0.134. The van der Waals surface area contributed by atoms with Gasteiger partial charge in [-0.15, -0.1) is 0 Å². The molecule has 276 valence electrons. The van der Waals surface area contributed by atoms with Crippen LogP contribution in [0, 0.1) is 13.8 Å². The van der Waals surface area contributed by atoms with Crippen molar-refractivity contribution in [3.8, 4) is 0 Å². The largest absolute Gasteiger partial charge is 0.289 e. The molecule has 4 aromatic rings. The molecule has 0 radical (unpaired) electrons. The van der Waals surface area contributed by atoms with Gasteiger partial charge in [0.15, 0.2) is 11.6 Å². The van der Waals surface area contributed by atoms with E-state index in [4.69, 9.17) is 0 Å². The van der Waals surface area contributed by atoms with Gasteiger partial charge in [-0.2, -0.15) is 0 Å². The molecule has 4 nitrogen and oxygen atoms in total. The lowest BCUT2D eigenvalue weighted by Crippen LogP contribution is -2.34. The third-order valence-corrected chi connectivity index (χ3v) is 14.2. The summed E-state index contributed by atoms with van der Waals surface area (Å²) in [6.45, 7) is 21.6. The second-order valence-corrected chi connectivity index (χ2v) is 19.9. The number of hydrogen-bond acceptors (Lipinski definition) is 4. The standard InChI is InChI=1S/C48H54O4S/c1-31-27-33(11-19-41(49)35-15-17-37-39(29-35)47(7,8)25-23-45(37,3)4)13-21-43(31)53(51,52)44-22-14-34(28-32(44)2)12-20-42(50)36-16-18-38-40(30-36)48(9,10)26-24-46(38,5)6/h11-22,27-30H,23-26H2,1-10H3. The van der Waals surface area contributed by atoms with E-state index >= 15 is 0 Å². The van der Waals surface area contributed by atoms with Gasteiger partial charge in [-0.3, -0.25) is 9.59 Å². The van der Waals surface area contributed by atoms with E-state index in [0.29, 0.717) is 22.3 Å². The number of sulfone groups is 1. The number of carbonyl (C=O) groups excluding carboxylic acids is 2. The van der Waals surface area contributed by atoms with Crippen LogP contribution in [0.1, 0.15) is 146 Å². The predicted octanol–water partition coefficient (Wildman–Crippen LogP) is 11.6. The van der Waals surface area contributed by atoms with Crippen LogP contribution in [0.3, 0.4) is 0 Å².